The van der Waals surface area contributed by atoms with Gasteiger partial charge in [-0.2, -0.15) is 0 Å². The summed E-state index contributed by atoms with van der Waals surface area (Å²) in [4.78, 5) is 38.5. The van der Waals surface area contributed by atoms with E-state index >= 15 is 0 Å². The number of benzene rings is 2. The van der Waals surface area contributed by atoms with Crippen molar-refractivity contribution in [3.05, 3.63) is 59.7 Å². The van der Waals surface area contributed by atoms with Gasteiger partial charge in [-0.1, -0.05) is 48.5 Å². The summed E-state index contributed by atoms with van der Waals surface area (Å²) in [6.07, 6.45) is 2.38. The smallest absolute Gasteiger partial charge is 0.407 e. The minimum atomic E-state index is -0.888. The van der Waals surface area contributed by atoms with Gasteiger partial charge in [-0.15, -0.1) is 0 Å². The molecular weight excluding hydrogens is 420 g/mol. The third-order valence-electron chi connectivity index (χ3n) is 7.27. The molecule has 2 fully saturated rings. The Labute approximate surface area is 192 Å². The predicted octanol–water partition coefficient (Wildman–Crippen LogP) is 3.77. The third-order valence-corrected chi connectivity index (χ3v) is 7.27. The Morgan fingerprint density at radius 3 is 2.27 bits per heavy atom. The van der Waals surface area contributed by atoms with Crippen LogP contribution in [0.15, 0.2) is 48.5 Å². The zero-order chi connectivity index (χ0) is 23.0. The van der Waals surface area contributed by atoms with Crippen LogP contribution in [-0.4, -0.2) is 53.7 Å². The van der Waals surface area contributed by atoms with Gasteiger partial charge in [0.15, 0.2) is 0 Å². The highest BCUT2D eigenvalue weighted by Crippen LogP contribution is 2.48. The molecule has 1 saturated carbocycles. The number of hydrogen-bond acceptors (Lipinski definition) is 4. The Balaban J connectivity index is 1.18. The lowest BCUT2D eigenvalue weighted by Gasteiger charge is -2.28. The van der Waals surface area contributed by atoms with Crippen molar-refractivity contribution in [2.24, 2.45) is 5.41 Å². The molecule has 1 aliphatic heterocycles. The average Bonchev–Trinajstić information content (AvgIpc) is 3.37. The zero-order valence-corrected chi connectivity index (χ0v) is 18.5. The van der Waals surface area contributed by atoms with Crippen LogP contribution in [0.5, 0.6) is 0 Å². The van der Waals surface area contributed by atoms with E-state index in [1.165, 1.54) is 11.1 Å². The first kappa shape index (κ1) is 21.5. The highest BCUT2D eigenvalue weighted by molar-refractivity contribution is 5.87. The number of nitrogens with zero attached hydrogens (tertiary/aromatic N) is 1. The lowest BCUT2D eigenvalue weighted by atomic mass is 9.98. The molecule has 33 heavy (non-hydrogen) atoms. The van der Waals surface area contributed by atoms with E-state index in [0.29, 0.717) is 25.8 Å². The number of ether oxygens (including phenoxy) is 1. The number of nitrogens with one attached hydrogen (secondary N) is 1. The summed E-state index contributed by atoms with van der Waals surface area (Å²) in [5.74, 6) is -0.937. The normalized spacial score (nSPS) is 20.1. The van der Waals surface area contributed by atoms with Crippen LogP contribution >= 0.6 is 0 Å². The summed E-state index contributed by atoms with van der Waals surface area (Å²) >= 11 is 0. The third kappa shape index (κ3) is 4.08. The van der Waals surface area contributed by atoms with Crippen LogP contribution in [0.2, 0.25) is 0 Å². The van der Waals surface area contributed by atoms with Crippen molar-refractivity contribution in [3.63, 3.8) is 0 Å². The topological polar surface area (TPSA) is 95.9 Å². The van der Waals surface area contributed by atoms with Gasteiger partial charge >= 0.3 is 12.1 Å². The van der Waals surface area contributed by atoms with Gasteiger partial charge in [0.05, 0.1) is 11.8 Å². The molecule has 1 saturated heterocycles. The van der Waals surface area contributed by atoms with Gasteiger partial charge in [0.2, 0.25) is 5.91 Å². The number of amides is 2. The van der Waals surface area contributed by atoms with Crippen LogP contribution in [0.3, 0.4) is 0 Å². The fraction of sp³-hybridized carbons (Fsp3) is 0.423. The van der Waals surface area contributed by atoms with E-state index < -0.39 is 17.5 Å². The average molecular weight is 449 g/mol. The first-order valence-corrected chi connectivity index (χ1v) is 11.6. The van der Waals surface area contributed by atoms with E-state index in [4.69, 9.17) is 9.84 Å². The molecule has 0 spiro atoms. The van der Waals surface area contributed by atoms with Crippen molar-refractivity contribution in [3.8, 4) is 11.1 Å². The number of hydrogen-bond donors (Lipinski definition) is 2. The van der Waals surface area contributed by atoms with Crippen molar-refractivity contribution in [1.29, 1.82) is 0 Å². The first-order valence-electron chi connectivity index (χ1n) is 11.6. The van der Waals surface area contributed by atoms with Gasteiger partial charge in [0, 0.05) is 25.0 Å². The van der Waals surface area contributed by atoms with Gasteiger partial charge < -0.3 is 20.1 Å². The second kappa shape index (κ2) is 8.54. The van der Waals surface area contributed by atoms with Gasteiger partial charge in [-0.3, -0.25) is 9.59 Å². The SMILES string of the molecule is O=C(O)C[C@@H]1CCCN1C(=O)C1(CNC(=O)OCC2c3ccccc3-c3ccccc32)CC1. The molecule has 1 atom stereocenters. The maximum atomic E-state index is 13.1. The van der Waals surface area contributed by atoms with E-state index in [2.05, 4.69) is 29.6 Å². The van der Waals surface area contributed by atoms with E-state index in [-0.39, 0.29) is 37.4 Å². The zero-order valence-electron chi connectivity index (χ0n) is 18.5. The van der Waals surface area contributed by atoms with Gasteiger partial charge in [-0.05, 0) is 47.9 Å². The summed E-state index contributed by atoms with van der Waals surface area (Å²) in [6.45, 7) is 1.04. The lowest BCUT2D eigenvalue weighted by molar-refractivity contribution is -0.141. The molecule has 3 aliphatic rings. The molecule has 2 aromatic rings. The fourth-order valence-electron chi connectivity index (χ4n) is 5.33. The lowest BCUT2D eigenvalue weighted by Crippen LogP contribution is -2.45. The summed E-state index contributed by atoms with van der Waals surface area (Å²) in [5, 5.41) is 11.9. The van der Waals surface area contributed by atoms with Crippen molar-refractivity contribution in [1.82, 2.24) is 10.2 Å². The number of carbonyl (C=O) groups is 3. The molecular formula is C26H28N2O5. The number of likely N-dealkylation sites (tertiary alicyclic amines) is 1. The molecule has 7 nitrogen and oxygen atoms in total. The summed E-state index contributed by atoms with van der Waals surface area (Å²) in [5.41, 5.74) is 4.03. The van der Waals surface area contributed by atoms with Gasteiger partial charge in [-0.25, -0.2) is 4.79 Å². The van der Waals surface area contributed by atoms with Gasteiger partial charge in [0.25, 0.3) is 0 Å². The number of fused-ring (bicyclic) bond motifs is 3. The number of alkyl carbamates (subject to hydrolysis) is 1. The minimum Gasteiger partial charge on any atom is -0.481 e. The number of carboxylic acids is 1. The minimum absolute atomic E-state index is 0.0129. The van der Waals surface area contributed by atoms with Crippen LogP contribution in [0.4, 0.5) is 4.79 Å². The molecule has 0 unspecified atom stereocenters. The molecule has 1 heterocycles. The first-order chi connectivity index (χ1) is 16.0. The van der Waals surface area contributed by atoms with Crippen LogP contribution in [0.25, 0.3) is 11.1 Å². The number of aliphatic carboxylic acids is 1. The molecule has 0 radical (unpaired) electrons. The van der Waals surface area contributed by atoms with Crippen molar-refractivity contribution in [2.45, 2.75) is 44.1 Å². The molecule has 2 N–H and O–H groups in total. The van der Waals surface area contributed by atoms with E-state index in [1.807, 2.05) is 24.3 Å². The fourth-order valence-corrected chi connectivity index (χ4v) is 5.33. The Morgan fingerprint density at radius 2 is 1.67 bits per heavy atom. The number of carbonyl (C=O) groups excluding carboxylic acids is 2. The summed E-state index contributed by atoms with van der Waals surface area (Å²) in [6, 6.07) is 16.1. The van der Waals surface area contributed by atoms with E-state index in [0.717, 1.165) is 17.5 Å². The second-order valence-electron chi connectivity index (χ2n) is 9.35. The highest BCUT2D eigenvalue weighted by Gasteiger charge is 2.53. The molecule has 0 bridgehead atoms. The van der Waals surface area contributed by atoms with Crippen molar-refractivity contribution >= 4 is 18.0 Å². The second-order valence-corrected chi connectivity index (χ2v) is 9.35. The van der Waals surface area contributed by atoms with Crippen molar-refractivity contribution in [2.75, 3.05) is 19.7 Å². The van der Waals surface area contributed by atoms with E-state index in [9.17, 15) is 14.4 Å². The molecule has 0 aromatic heterocycles. The van der Waals surface area contributed by atoms with Gasteiger partial charge in [0.1, 0.15) is 6.61 Å². The maximum absolute atomic E-state index is 13.1. The Bertz CT molecular complexity index is 1050. The van der Waals surface area contributed by atoms with E-state index in [1.54, 1.807) is 4.90 Å². The molecule has 2 aliphatic carbocycles. The summed E-state index contributed by atoms with van der Waals surface area (Å²) < 4.78 is 5.59. The Morgan fingerprint density at radius 1 is 1.03 bits per heavy atom. The molecule has 2 amide bonds. The largest absolute Gasteiger partial charge is 0.481 e. The van der Waals surface area contributed by atoms with Crippen molar-refractivity contribution < 1.29 is 24.2 Å². The molecule has 5 rings (SSSR count). The van der Waals surface area contributed by atoms with Crippen LogP contribution in [0.1, 0.15) is 49.1 Å². The molecule has 7 heteroatoms. The Kier molecular flexibility index (Phi) is 5.56. The molecule has 2 aromatic carbocycles. The van der Waals surface area contributed by atoms with Crippen LogP contribution < -0.4 is 5.32 Å². The monoisotopic (exact) mass is 448 g/mol. The predicted molar refractivity (Wildman–Crippen MR) is 122 cm³/mol. The summed E-state index contributed by atoms with van der Waals surface area (Å²) in [7, 11) is 0. The number of carboxylic acid groups (broad SMARTS) is 1. The quantitative estimate of drug-likeness (QED) is 0.672. The van der Waals surface area contributed by atoms with Crippen LogP contribution in [-0.2, 0) is 14.3 Å². The highest BCUT2D eigenvalue weighted by atomic mass is 16.5. The Hall–Kier alpha value is -3.35. The number of rotatable bonds is 7. The van der Waals surface area contributed by atoms with Crippen LogP contribution in [0, 0.1) is 5.41 Å². The maximum Gasteiger partial charge on any atom is 0.407 e. The molecule has 172 valence electrons. The standard InChI is InChI=1S/C26H28N2O5/c29-23(30)14-17-6-5-13-28(17)24(31)26(11-12-26)16-27-25(32)33-15-22-20-9-3-1-7-18(20)19-8-2-4-10-21(19)22/h1-4,7-10,17,22H,5-6,11-16H2,(H,27,32)(H,29,30)/t17-/m0/s1.